The van der Waals surface area contributed by atoms with Crippen LogP contribution in [-0.2, 0) is 12.8 Å². The van der Waals surface area contributed by atoms with Gasteiger partial charge in [0.1, 0.15) is 0 Å². The van der Waals surface area contributed by atoms with Gasteiger partial charge in [-0.1, -0.05) is 42.0 Å². The molecular weight excluding hydrogens is 347 g/mol. The lowest BCUT2D eigenvalue weighted by Crippen LogP contribution is -2.38. The summed E-state index contributed by atoms with van der Waals surface area (Å²) in [6.07, 6.45) is 1.89. The van der Waals surface area contributed by atoms with Gasteiger partial charge in [-0.3, -0.25) is 11.3 Å². The molecule has 0 aliphatic carbocycles. The molecule has 19 heavy (non-hydrogen) atoms. The first kappa shape index (κ1) is 14.5. The van der Waals surface area contributed by atoms with Gasteiger partial charge in [-0.25, -0.2) is 0 Å². The molecule has 0 fully saturated rings. The number of nitrogens with one attached hydrogen (secondary N) is 1. The van der Waals surface area contributed by atoms with Crippen molar-refractivity contribution in [3.05, 3.63) is 68.8 Å². The molecule has 1 unspecified atom stereocenters. The molecule has 2 aromatic rings. The molecule has 0 amide bonds. The minimum Gasteiger partial charge on any atom is -0.271 e. The first-order chi connectivity index (χ1) is 9.17. The summed E-state index contributed by atoms with van der Waals surface area (Å²) in [6, 6.07) is 17.5. The molecule has 1 atom stereocenters. The van der Waals surface area contributed by atoms with E-state index in [0.29, 0.717) is 0 Å². The Morgan fingerprint density at radius 1 is 0.947 bits per heavy atom. The van der Waals surface area contributed by atoms with E-state index < -0.39 is 0 Å². The van der Waals surface area contributed by atoms with Crippen LogP contribution in [0.3, 0.4) is 0 Å². The molecule has 0 aliphatic heterocycles. The quantitative estimate of drug-likeness (QED) is 0.485. The van der Waals surface area contributed by atoms with Crippen LogP contribution in [0.2, 0.25) is 0 Å². The van der Waals surface area contributed by atoms with Gasteiger partial charge in [0.15, 0.2) is 0 Å². The Morgan fingerprint density at radius 2 is 1.42 bits per heavy atom. The number of hydrazine groups is 1. The van der Waals surface area contributed by atoms with Crippen molar-refractivity contribution in [1.82, 2.24) is 5.43 Å². The molecular formula is C16H19IN2. The zero-order valence-corrected chi connectivity index (χ0v) is 13.2. The largest absolute Gasteiger partial charge is 0.271 e. The van der Waals surface area contributed by atoms with E-state index in [-0.39, 0.29) is 6.04 Å². The Hall–Kier alpha value is -0.910. The first-order valence-electron chi connectivity index (χ1n) is 6.43. The van der Waals surface area contributed by atoms with E-state index in [1.165, 1.54) is 20.3 Å². The third-order valence-corrected chi connectivity index (χ3v) is 3.95. The molecule has 0 saturated carbocycles. The van der Waals surface area contributed by atoms with Crippen molar-refractivity contribution in [3.63, 3.8) is 0 Å². The summed E-state index contributed by atoms with van der Waals surface area (Å²) < 4.78 is 1.26. The molecule has 0 heterocycles. The van der Waals surface area contributed by atoms with Crippen molar-refractivity contribution in [1.29, 1.82) is 0 Å². The first-order valence-corrected chi connectivity index (χ1v) is 7.51. The van der Waals surface area contributed by atoms with E-state index in [1.54, 1.807) is 0 Å². The topological polar surface area (TPSA) is 38.0 Å². The van der Waals surface area contributed by atoms with E-state index in [2.05, 4.69) is 83.5 Å². The lowest BCUT2D eigenvalue weighted by atomic mass is 9.99. The maximum atomic E-state index is 5.68. The second-order valence-corrected chi connectivity index (χ2v) is 6.13. The number of aryl methyl sites for hydroxylation is 1. The Bertz CT molecular complexity index is 458. The summed E-state index contributed by atoms with van der Waals surface area (Å²) in [5.41, 5.74) is 6.85. The van der Waals surface area contributed by atoms with Crippen molar-refractivity contribution in [2.45, 2.75) is 25.8 Å². The average molecular weight is 366 g/mol. The summed E-state index contributed by atoms with van der Waals surface area (Å²) >= 11 is 2.32. The fourth-order valence-corrected chi connectivity index (χ4v) is 2.46. The van der Waals surface area contributed by atoms with Crippen molar-refractivity contribution in [2.75, 3.05) is 0 Å². The highest BCUT2D eigenvalue weighted by Crippen LogP contribution is 2.12. The monoisotopic (exact) mass is 366 g/mol. The molecule has 2 aromatic carbocycles. The van der Waals surface area contributed by atoms with Crippen LogP contribution in [0.4, 0.5) is 0 Å². The Morgan fingerprint density at radius 3 is 1.89 bits per heavy atom. The molecule has 2 nitrogen and oxygen atoms in total. The normalized spacial score (nSPS) is 12.4. The Balaban J connectivity index is 2.00. The van der Waals surface area contributed by atoms with E-state index >= 15 is 0 Å². The van der Waals surface area contributed by atoms with E-state index in [4.69, 9.17) is 5.84 Å². The predicted octanol–water partition coefficient (Wildman–Crippen LogP) is 3.22. The summed E-state index contributed by atoms with van der Waals surface area (Å²) in [5, 5.41) is 0. The molecule has 3 heteroatoms. The Labute approximate surface area is 128 Å². The highest BCUT2D eigenvalue weighted by molar-refractivity contribution is 14.1. The smallest absolute Gasteiger partial charge is 0.0291 e. The predicted molar refractivity (Wildman–Crippen MR) is 88.9 cm³/mol. The van der Waals surface area contributed by atoms with Gasteiger partial charge in [0.25, 0.3) is 0 Å². The molecule has 0 spiro atoms. The van der Waals surface area contributed by atoms with Gasteiger partial charge >= 0.3 is 0 Å². The second-order valence-electron chi connectivity index (χ2n) is 4.88. The lowest BCUT2D eigenvalue weighted by molar-refractivity contribution is 0.522. The van der Waals surface area contributed by atoms with Gasteiger partial charge in [0.2, 0.25) is 0 Å². The minimum absolute atomic E-state index is 0.266. The molecule has 2 rings (SSSR count). The van der Waals surface area contributed by atoms with E-state index in [1.807, 2.05) is 0 Å². The zero-order valence-electron chi connectivity index (χ0n) is 11.1. The summed E-state index contributed by atoms with van der Waals surface area (Å²) in [7, 11) is 0. The van der Waals surface area contributed by atoms with Gasteiger partial charge < -0.3 is 0 Å². The van der Waals surface area contributed by atoms with Gasteiger partial charge in [-0.15, -0.1) is 0 Å². The number of halogens is 1. The molecule has 100 valence electrons. The maximum Gasteiger partial charge on any atom is 0.0291 e. The van der Waals surface area contributed by atoms with Crippen LogP contribution in [0.25, 0.3) is 0 Å². The average Bonchev–Trinajstić information content (AvgIpc) is 2.43. The summed E-state index contributed by atoms with van der Waals surface area (Å²) in [6.45, 7) is 2.11. The maximum absolute atomic E-state index is 5.68. The number of benzene rings is 2. The number of hydrogen-bond acceptors (Lipinski definition) is 2. The van der Waals surface area contributed by atoms with E-state index in [9.17, 15) is 0 Å². The van der Waals surface area contributed by atoms with Crippen molar-refractivity contribution in [2.24, 2.45) is 5.84 Å². The zero-order chi connectivity index (χ0) is 13.7. The standard InChI is InChI=1S/C16H19IN2/c1-12-2-4-13(5-3-12)10-16(19-18)11-14-6-8-15(17)9-7-14/h2-9,16,19H,10-11,18H2,1H3. The van der Waals surface area contributed by atoms with Crippen LogP contribution < -0.4 is 11.3 Å². The molecule has 0 aromatic heterocycles. The third kappa shape index (κ3) is 4.60. The van der Waals surface area contributed by atoms with Crippen molar-refractivity contribution in [3.8, 4) is 0 Å². The highest BCUT2D eigenvalue weighted by Gasteiger charge is 2.08. The summed E-state index contributed by atoms with van der Waals surface area (Å²) in [4.78, 5) is 0. The van der Waals surface area contributed by atoms with Gasteiger partial charge in [0.05, 0.1) is 0 Å². The number of hydrogen-bond donors (Lipinski definition) is 2. The van der Waals surface area contributed by atoms with Crippen LogP contribution in [0, 0.1) is 10.5 Å². The van der Waals surface area contributed by atoms with Crippen molar-refractivity contribution < 1.29 is 0 Å². The fourth-order valence-electron chi connectivity index (χ4n) is 2.10. The molecule has 3 N–H and O–H groups in total. The molecule has 0 saturated heterocycles. The number of nitrogens with two attached hydrogens (primary N) is 1. The molecule has 0 radical (unpaired) electrons. The van der Waals surface area contributed by atoms with Gasteiger partial charge in [-0.2, -0.15) is 0 Å². The van der Waals surface area contributed by atoms with Crippen LogP contribution >= 0.6 is 22.6 Å². The minimum atomic E-state index is 0.266. The lowest BCUT2D eigenvalue weighted by Gasteiger charge is -2.16. The van der Waals surface area contributed by atoms with Gasteiger partial charge in [-0.05, 0) is 65.6 Å². The van der Waals surface area contributed by atoms with Crippen LogP contribution in [0.1, 0.15) is 16.7 Å². The van der Waals surface area contributed by atoms with Crippen LogP contribution in [0.15, 0.2) is 48.5 Å². The number of rotatable bonds is 5. The molecule has 0 bridgehead atoms. The fraction of sp³-hybridized carbons (Fsp3) is 0.250. The Kier molecular flexibility index (Phi) is 5.36. The third-order valence-electron chi connectivity index (χ3n) is 3.23. The van der Waals surface area contributed by atoms with E-state index in [0.717, 1.165) is 12.8 Å². The molecule has 0 aliphatic rings. The SMILES string of the molecule is Cc1ccc(CC(Cc2ccc(I)cc2)NN)cc1. The van der Waals surface area contributed by atoms with Crippen molar-refractivity contribution >= 4 is 22.6 Å². The highest BCUT2D eigenvalue weighted by atomic mass is 127. The van der Waals surface area contributed by atoms with Crippen LogP contribution in [-0.4, -0.2) is 6.04 Å². The van der Waals surface area contributed by atoms with Gasteiger partial charge in [0, 0.05) is 9.61 Å². The second kappa shape index (κ2) is 7.03. The summed E-state index contributed by atoms with van der Waals surface area (Å²) in [5.74, 6) is 5.68. The van der Waals surface area contributed by atoms with Crippen LogP contribution in [0.5, 0.6) is 0 Å².